The van der Waals surface area contributed by atoms with Gasteiger partial charge in [0.25, 0.3) is 0 Å². The number of cyclic esters (lactones) is 1. The third-order valence-electron chi connectivity index (χ3n) is 4.19. The molecule has 1 heterocycles. The Hall–Kier alpha value is -3.25. The number of thioether (sulfide) groups is 1. The lowest BCUT2D eigenvalue weighted by Crippen LogP contribution is -2.30. The lowest BCUT2D eigenvalue weighted by Gasteiger charge is -2.14. The summed E-state index contributed by atoms with van der Waals surface area (Å²) in [7, 11) is 0. The summed E-state index contributed by atoms with van der Waals surface area (Å²) in [4.78, 5) is 18.5. The predicted octanol–water partition coefficient (Wildman–Crippen LogP) is 2.93. The van der Waals surface area contributed by atoms with Crippen molar-refractivity contribution in [3.05, 3.63) is 48.3 Å². The Labute approximate surface area is 166 Å². The molecule has 2 aromatic carbocycles. The number of guanidine groups is 1. The molecule has 7 nitrogen and oxygen atoms in total. The monoisotopic (exact) mass is 399 g/mol. The number of nitrogens with zero attached hydrogens (tertiary/aromatic N) is 3. The van der Waals surface area contributed by atoms with Crippen molar-refractivity contribution in [1.82, 2.24) is 5.32 Å². The van der Waals surface area contributed by atoms with Gasteiger partial charge in [-0.25, -0.2) is 14.2 Å². The molecule has 9 heteroatoms. The fraction of sp³-hybridized carbons (Fsp3) is 0.211. The van der Waals surface area contributed by atoms with Crippen molar-refractivity contribution in [3.63, 3.8) is 0 Å². The molecule has 3 N–H and O–H groups in total. The second kappa shape index (κ2) is 8.63. The summed E-state index contributed by atoms with van der Waals surface area (Å²) in [6.07, 6.45) is 2.52. The number of carbonyl (C=O) groups is 1. The smallest absolute Gasteiger partial charge is 0.414 e. The van der Waals surface area contributed by atoms with Crippen molar-refractivity contribution < 1.29 is 13.9 Å². The van der Waals surface area contributed by atoms with Crippen LogP contribution in [0.15, 0.2) is 52.4 Å². The van der Waals surface area contributed by atoms with Crippen LogP contribution >= 0.6 is 11.8 Å². The van der Waals surface area contributed by atoms with Crippen molar-refractivity contribution in [3.8, 4) is 17.3 Å². The average Bonchev–Trinajstić information content (AvgIpc) is 3.07. The number of aliphatic imine (C=N–C) groups is 1. The molecule has 1 aliphatic rings. The number of ether oxygens (including phenoxy) is 1. The van der Waals surface area contributed by atoms with Crippen LogP contribution in [0.2, 0.25) is 0 Å². The molecule has 3 rings (SSSR count). The predicted molar refractivity (Wildman–Crippen MR) is 106 cm³/mol. The number of anilines is 1. The quantitative estimate of drug-likeness (QED) is 0.263. The summed E-state index contributed by atoms with van der Waals surface area (Å²) in [5, 5.41) is 10.7. The first-order chi connectivity index (χ1) is 13.5. The summed E-state index contributed by atoms with van der Waals surface area (Å²) >= 11 is 1.62. The van der Waals surface area contributed by atoms with Gasteiger partial charge >= 0.3 is 6.09 Å². The van der Waals surface area contributed by atoms with Crippen LogP contribution in [0.3, 0.4) is 0 Å². The zero-order valence-electron chi connectivity index (χ0n) is 15.1. The largest absolute Gasteiger partial charge is 0.442 e. The van der Waals surface area contributed by atoms with Crippen molar-refractivity contribution in [2.45, 2.75) is 11.0 Å². The maximum absolute atomic E-state index is 14.7. The van der Waals surface area contributed by atoms with Crippen LogP contribution in [-0.2, 0) is 4.74 Å². The van der Waals surface area contributed by atoms with Gasteiger partial charge in [-0.05, 0) is 42.2 Å². The van der Waals surface area contributed by atoms with Crippen molar-refractivity contribution >= 4 is 29.5 Å². The first kappa shape index (κ1) is 19.5. The van der Waals surface area contributed by atoms with E-state index in [4.69, 9.17) is 15.7 Å². The van der Waals surface area contributed by atoms with E-state index in [1.165, 1.54) is 11.0 Å². The van der Waals surface area contributed by atoms with E-state index in [0.29, 0.717) is 11.3 Å². The van der Waals surface area contributed by atoms with Crippen LogP contribution in [0.25, 0.3) is 11.1 Å². The number of halogens is 1. The standard InChI is InChI=1S/C19H18FN5O2S/c1-28-15-5-2-12(3-6-15)16-7-4-13(8-17(16)20)25-10-14(27-19(25)26)9-23-18(22)24-11-21/h2-8,14H,9-10H2,1H3,(H3,22,23,24). The first-order valence-corrected chi connectivity index (χ1v) is 9.61. The molecule has 0 radical (unpaired) electrons. The Morgan fingerprint density at radius 2 is 2.18 bits per heavy atom. The molecule has 1 unspecified atom stereocenters. The molecule has 1 amide bonds. The van der Waals surface area contributed by atoms with E-state index in [2.05, 4.69) is 10.3 Å². The topological polar surface area (TPSA) is 104 Å². The van der Waals surface area contributed by atoms with E-state index in [0.717, 1.165) is 10.5 Å². The normalized spacial score (nSPS) is 16.6. The summed E-state index contributed by atoms with van der Waals surface area (Å²) < 4.78 is 19.9. The number of amides is 1. The Morgan fingerprint density at radius 1 is 1.43 bits per heavy atom. The molecule has 0 saturated carbocycles. The molecule has 0 aromatic heterocycles. The lowest BCUT2D eigenvalue weighted by molar-refractivity contribution is 0.145. The molecule has 28 heavy (non-hydrogen) atoms. The first-order valence-electron chi connectivity index (χ1n) is 8.39. The second-order valence-electron chi connectivity index (χ2n) is 5.97. The zero-order chi connectivity index (χ0) is 20.1. The van der Waals surface area contributed by atoms with Crippen LogP contribution in [0.5, 0.6) is 0 Å². The molecular weight excluding hydrogens is 381 g/mol. The molecule has 0 bridgehead atoms. The minimum absolute atomic E-state index is 0.0557. The summed E-state index contributed by atoms with van der Waals surface area (Å²) in [6, 6.07) is 12.2. The highest BCUT2D eigenvalue weighted by atomic mass is 32.2. The maximum Gasteiger partial charge on any atom is 0.414 e. The summed E-state index contributed by atoms with van der Waals surface area (Å²) in [5.74, 6) is -0.481. The third-order valence-corrected chi connectivity index (χ3v) is 4.93. The van der Waals surface area contributed by atoms with Gasteiger partial charge in [0, 0.05) is 10.5 Å². The van der Waals surface area contributed by atoms with Gasteiger partial charge in [0.2, 0.25) is 5.96 Å². The second-order valence-corrected chi connectivity index (χ2v) is 6.85. The fourth-order valence-electron chi connectivity index (χ4n) is 2.80. The molecule has 1 saturated heterocycles. The number of nitrogens with one attached hydrogen (secondary N) is 1. The third kappa shape index (κ3) is 4.35. The summed E-state index contributed by atoms with van der Waals surface area (Å²) in [6.45, 7) is 0.314. The number of hydrogen-bond donors (Lipinski definition) is 2. The number of nitrogens with two attached hydrogens (primary N) is 1. The molecule has 0 aliphatic carbocycles. The van der Waals surface area contributed by atoms with Gasteiger partial charge in [0.05, 0.1) is 18.8 Å². The van der Waals surface area contributed by atoms with Gasteiger partial charge in [0.1, 0.15) is 11.9 Å². The van der Waals surface area contributed by atoms with Gasteiger partial charge in [-0.1, -0.05) is 12.1 Å². The number of rotatable bonds is 5. The van der Waals surface area contributed by atoms with Gasteiger partial charge in [-0.15, -0.1) is 11.8 Å². The number of hydrogen-bond acceptors (Lipinski definition) is 5. The van der Waals surface area contributed by atoms with Crippen LogP contribution < -0.4 is 16.0 Å². The van der Waals surface area contributed by atoms with E-state index < -0.39 is 18.0 Å². The highest BCUT2D eigenvalue weighted by Gasteiger charge is 2.32. The van der Waals surface area contributed by atoms with Gasteiger partial charge in [0.15, 0.2) is 6.19 Å². The average molecular weight is 399 g/mol. The molecular formula is C19H18FN5O2S. The van der Waals surface area contributed by atoms with E-state index in [-0.39, 0.29) is 19.0 Å². The van der Waals surface area contributed by atoms with Gasteiger partial charge in [-0.2, -0.15) is 5.26 Å². The van der Waals surface area contributed by atoms with Crippen LogP contribution in [0, 0.1) is 17.3 Å². The molecule has 2 aromatic rings. The van der Waals surface area contributed by atoms with E-state index in [1.54, 1.807) is 30.1 Å². The van der Waals surface area contributed by atoms with Crippen molar-refractivity contribution in [2.24, 2.45) is 10.7 Å². The Morgan fingerprint density at radius 3 is 2.82 bits per heavy atom. The molecule has 1 atom stereocenters. The lowest BCUT2D eigenvalue weighted by atomic mass is 10.0. The van der Waals surface area contributed by atoms with Crippen LogP contribution in [0.4, 0.5) is 14.9 Å². The van der Waals surface area contributed by atoms with Crippen LogP contribution in [0.1, 0.15) is 0 Å². The number of carbonyl (C=O) groups excluding carboxylic acids is 1. The van der Waals surface area contributed by atoms with Gasteiger partial charge < -0.3 is 10.5 Å². The Balaban J connectivity index is 1.73. The molecule has 0 spiro atoms. The number of nitriles is 1. The van der Waals surface area contributed by atoms with Crippen molar-refractivity contribution in [1.29, 1.82) is 5.26 Å². The van der Waals surface area contributed by atoms with E-state index >= 15 is 0 Å². The Kier molecular flexibility index (Phi) is 6.01. The van der Waals surface area contributed by atoms with Gasteiger partial charge in [-0.3, -0.25) is 10.2 Å². The Bertz CT molecular complexity index is 942. The highest BCUT2D eigenvalue weighted by Crippen LogP contribution is 2.30. The molecule has 144 valence electrons. The minimum Gasteiger partial charge on any atom is -0.442 e. The van der Waals surface area contributed by atoms with Crippen LogP contribution in [-0.4, -0.2) is 37.5 Å². The van der Waals surface area contributed by atoms with E-state index in [1.807, 2.05) is 30.5 Å². The zero-order valence-corrected chi connectivity index (χ0v) is 15.9. The summed E-state index contributed by atoms with van der Waals surface area (Å²) in [5.41, 5.74) is 7.09. The molecule has 1 aliphatic heterocycles. The minimum atomic E-state index is -0.580. The van der Waals surface area contributed by atoms with Crippen molar-refractivity contribution in [2.75, 3.05) is 24.2 Å². The van der Waals surface area contributed by atoms with E-state index in [9.17, 15) is 9.18 Å². The highest BCUT2D eigenvalue weighted by molar-refractivity contribution is 7.98. The SMILES string of the molecule is CSc1ccc(-c2ccc(N3CC(CN=C(N)NC#N)OC3=O)cc2F)cc1. The maximum atomic E-state index is 14.7. The fourth-order valence-corrected chi connectivity index (χ4v) is 3.21. The number of benzene rings is 2. The molecule has 1 fully saturated rings.